The third-order valence-electron chi connectivity index (χ3n) is 3.04. The molecule has 1 fully saturated rings. The van der Waals surface area contributed by atoms with Crippen LogP contribution in [0, 0.1) is 5.92 Å². The average molecular weight is 168 g/mol. The Bertz CT molecular complexity index is 191. The van der Waals surface area contributed by atoms with E-state index in [-0.39, 0.29) is 0 Å². The fourth-order valence-corrected chi connectivity index (χ4v) is 2.20. The Kier molecular flexibility index (Phi) is 2.00. The van der Waals surface area contributed by atoms with Gasteiger partial charge in [0, 0.05) is 7.05 Å². The molecule has 1 heterocycles. The van der Waals surface area contributed by atoms with Crippen molar-refractivity contribution in [1.29, 1.82) is 0 Å². The highest BCUT2D eigenvalue weighted by Gasteiger charge is 2.35. The van der Waals surface area contributed by atoms with E-state index in [2.05, 4.69) is 10.3 Å². The molecule has 0 aromatic carbocycles. The summed E-state index contributed by atoms with van der Waals surface area (Å²) in [5.74, 6) is 0.677. The maximum Gasteiger partial charge on any atom is 0.0952 e. The maximum atomic E-state index is 5.63. The molecule has 2 aliphatic rings. The number of likely N-dealkylation sites (N-methyl/N-ethyl adjacent to an activating group) is 1. The summed E-state index contributed by atoms with van der Waals surface area (Å²) in [6, 6.07) is 0.991. The molecule has 68 valence electrons. The summed E-state index contributed by atoms with van der Waals surface area (Å²) in [6.07, 6.45) is 3.58. The number of fused-ring (bicyclic) bond motifs is 1. The van der Waals surface area contributed by atoms with Crippen LogP contribution in [0.25, 0.3) is 0 Å². The van der Waals surface area contributed by atoms with Crippen LogP contribution >= 0.6 is 0 Å². The predicted molar refractivity (Wildman–Crippen MR) is 46.6 cm³/mol. The Labute approximate surface area is 72.8 Å². The predicted octanol–water partition coefficient (Wildman–Crippen LogP) is 0.795. The van der Waals surface area contributed by atoms with Gasteiger partial charge in [-0.2, -0.15) is 5.11 Å². The van der Waals surface area contributed by atoms with Crippen LogP contribution in [-0.4, -0.2) is 30.7 Å². The molecule has 2 rings (SSSR count). The number of rotatable bonds is 1. The van der Waals surface area contributed by atoms with E-state index in [1.807, 2.05) is 12.1 Å². The van der Waals surface area contributed by atoms with Crippen molar-refractivity contribution < 1.29 is 0 Å². The second-order valence-electron chi connectivity index (χ2n) is 3.83. The van der Waals surface area contributed by atoms with E-state index >= 15 is 0 Å². The summed E-state index contributed by atoms with van der Waals surface area (Å²) in [6.45, 7) is 0.808. The number of nitrogens with two attached hydrogens (primary N) is 1. The van der Waals surface area contributed by atoms with E-state index in [1.54, 1.807) is 0 Å². The highest BCUT2D eigenvalue weighted by molar-refractivity contribution is 4.91. The van der Waals surface area contributed by atoms with Crippen LogP contribution < -0.4 is 5.73 Å². The van der Waals surface area contributed by atoms with Crippen LogP contribution in [0.3, 0.4) is 0 Å². The van der Waals surface area contributed by atoms with Crippen molar-refractivity contribution in [2.24, 2.45) is 22.0 Å². The summed E-state index contributed by atoms with van der Waals surface area (Å²) >= 11 is 0. The van der Waals surface area contributed by atoms with Crippen molar-refractivity contribution >= 4 is 0 Å². The van der Waals surface area contributed by atoms with Gasteiger partial charge >= 0.3 is 0 Å². The largest absolute Gasteiger partial charge is 0.330 e. The standard InChI is InChI=1S/C8H16N4/c1-12-8-3-2-6(5-9)4-7(8)10-11-12/h6-8H,2-5,9H2,1H3. The second kappa shape index (κ2) is 3.01. The van der Waals surface area contributed by atoms with Crippen molar-refractivity contribution in [3.63, 3.8) is 0 Å². The third kappa shape index (κ3) is 1.20. The first-order valence-electron chi connectivity index (χ1n) is 4.65. The lowest BCUT2D eigenvalue weighted by molar-refractivity contribution is 0.192. The van der Waals surface area contributed by atoms with Crippen LogP contribution in [0.15, 0.2) is 10.3 Å². The summed E-state index contributed by atoms with van der Waals surface area (Å²) in [5.41, 5.74) is 5.63. The summed E-state index contributed by atoms with van der Waals surface area (Å²) in [5, 5.41) is 10.3. The van der Waals surface area contributed by atoms with Crippen LogP contribution in [0.5, 0.6) is 0 Å². The highest BCUT2D eigenvalue weighted by atomic mass is 15.6. The first-order chi connectivity index (χ1) is 5.81. The van der Waals surface area contributed by atoms with Gasteiger partial charge in [0.1, 0.15) is 0 Å². The monoisotopic (exact) mass is 168 g/mol. The van der Waals surface area contributed by atoms with Crippen molar-refractivity contribution in [2.45, 2.75) is 31.3 Å². The molecule has 3 atom stereocenters. The molecule has 2 N–H and O–H groups in total. The fraction of sp³-hybridized carbons (Fsp3) is 1.00. The molecule has 12 heavy (non-hydrogen) atoms. The van der Waals surface area contributed by atoms with Crippen LogP contribution in [0.2, 0.25) is 0 Å². The molecule has 1 aliphatic carbocycles. The highest BCUT2D eigenvalue weighted by Crippen LogP contribution is 2.32. The zero-order valence-corrected chi connectivity index (χ0v) is 7.48. The topological polar surface area (TPSA) is 54.0 Å². The molecule has 0 aromatic heterocycles. The minimum atomic E-state index is 0.428. The fourth-order valence-electron chi connectivity index (χ4n) is 2.20. The van der Waals surface area contributed by atoms with Gasteiger partial charge < -0.3 is 5.73 Å². The molecular formula is C8H16N4. The molecule has 0 saturated heterocycles. The molecule has 1 aliphatic heterocycles. The number of hydrogen-bond donors (Lipinski definition) is 1. The molecule has 0 bridgehead atoms. The minimum Gasteiger partial charge on any atom is -0.330 e. The maximum absolute atomic E-state index is 5.63. The van der Waals surface area contributed by atoms with Crippen molar-refractivity contribution in [1.82, 2.24) is 5.01 Å². The molecule has 4 nitrogen and oxygen atoms in total. The third-order valence-corrected chi connectivity index (χ3v) is 3.04. The SMILES string of the molecule is CN1N=NC2CC(CN)CCC21. The lowest BCUT2D eigenvalue weighted by Gasteiger charge is -2.31. The summed E-state index contributed by atoms with van der Waals surface area (Å²) < 4.78 is 0. The van der Waals surface area contributed by atoms with E-state index in [9.17, 15) is 0 Å². The zero-order valence-electron chi connectivity index (χ0n) is 7.48. The molecule has 0 aromatic rings. The molecule has 0 spiro atoms. The van der Waals surface area contributed by atoms with E-state index in [4.69, 9.17) is 5.73 Å². The molecule has 1 saturated carbocycles. The van der Waals surface area contributed by atoms with Gasteiger partial charge in [0.05, 0.1) is 12.1 Å². The molecule has 3 unspecified atom stereocenters. The van der Waals surface area contributed by atoms with Gasteiger partial charge in [-0.15, -0.1) is 0 Å². The number of hydrogen-bond acceptors (Lipinski definition) is 4. The van der Waals surface area contributed by atoms with Crippen molar-refractivity contribution in [3.8, 4) is 0 Å². The van der Waals surface area contributed by atoms with Gasteiger partial charge in [0.15, 0.2) is 0 Å². The summed E-state index contributed by atoms with van der Waals surface area (Å²) in [4.78, 5) is 0. The lowest BCUT2D eigenvalue weighted by Crippen LogP contribution is -2.39. The normalized spacial score (nSPS) is 40.2. The van der Waals surface area contributed by atoms with Crippen molar-refractivity contribution in [3.05, 3.63) is 0 Å². The second-order valence-corrected chi connectivity index (χ2v) is 3.83. The molecule has 4 heteroatoms. The van der Waals surface area contributed by atoms with Gasteiger partial charge in [-0.3, -0.25) is 5.01 Å². The van der Waals surface area contributed by atoms with Gasteiger partial charge in [0.2, 0.25) is 0 Å². The van der Waals surface area contributed by atoms with E-state index in [0.717, 1.165) is 13.0 Å². The minimum absolute atomic E-state index is 0.428. The Morgan fingerprint density at radius 1 is 1.50 bits per heavy atom. The van der Waals surface area contributed by atoms with E-state index in [0.29, 0.717) is 18.0 Å². The van der Waals surface area contributed by atoms with Crippen molar-refractivity contribution in [2.75, 3.05) is 13.6 Å². The van der Waals surface area contributed by atoms with Crippen LogP contribution in [0.4, 0.5) is 0 Å². The smallest absolute Gasteiger partial charge is 0.0952 e. The Balaban J connectivity index is 1.99. The van der Waals surface area contributed by atoms with Crippen LogP contribution in [-0.2, 0) is 0 Å². The van der Waals surface area contributed by atoms with Gasteiger partial charge in [-0.05, 0) is 31.7 Å². The Morgan fingerprint density at radius 2 is 2.33 bits per heavy atom. The Morgan fingerprint density at radius 3 is 3.08 bits per heavy atom. The first-order valence-corrected chi connectivity index (χ1v) is 4.65. The molecule has 0 amide bonds. The van der Waals surface area contributed by atoms with Gasteiger partial charge in [0.25, 0.3) is 0 Å². The summed E-state index contributed by atoms with van der Waals surface area (Å²) in [7, 11) is 2.01. The molecular weight excluding hydrogens is 152 g/mol. The van der Waals surface area contributed by atoms with E-state index in [1.165, 1.54) is 12.8 Å². The molecule has 0 radical (unpaired) electrons. The number of nitrogens with zero attached hydrogens (tertiary/aromatic N) is 3. The first kappa shape index (κ1) is 7.98. The average Bonchev–Trinajstić information content (AvgIpc) is 2.47. The zero-order chi connectivity index (χ0) is 8.55. The van der Waals surface area contributed by atoms with E-state index < -0.39 is 0 Å². The van der Waals surface area contributed by atoms with Crippen LogP contribution in [0.1, 0.15) is 19.3 Å². The quantitative estimate of drug-likeness (QED) is 0.629. The Hall–Kier alpha value is -0.640. The lowest BCUT2D eigenvalue weighted by atomic mass is 9.83. The van der Waals surface area contributed by atoms with Gasteiger partial charge in [-0.25, -0.2) is 0 Å². The van der Waals surface area contributed by atoms with Gasteiger partial charge in [-0.1, -0.05) is 5.22 Å².